The first-order valence-electron chi connectivity index (χ1n) is 8.57. The van der Waals surface area contributed by atoms with E-state index in [0.29, 0.717) is 12.5 Å². The second-order valence-electron chi connectivity index (χ2n) is 6.70. The van der Waals surface area contributed by atoms with Crippen molar-refractivity contribution in [1.29, 1.82) is 0 Å². The summed E-state index contributed by atoms with van der Waals surface area (Å²) in [6, 6.07) is -0.0769. The number of nitrogens with zero attached hydrogens (tertiary/aromatic N) is 5. The van der Waals surface area contributed by atoms with E-state index < -0.39 is 0 Å². The van der Waals surface area contributed by atoms with Gasteiger partial charge in [0.05, 0.1) is 12.6 Å². The van der Waals surface area contributed by atoms with Crippen LogP contribution in [0, 0.1) is 5.92 Å². The van der Waals surface area contributed by atoms with Gasteiger partial charge in [-0.3, -0.25) is 14.4 Å². The summed E-state index contributed by atoms with van der Waals surface area (Å²) < 4.78 is 1.74. The summed E-state index contributed by atoms with van der Waals surface area (Å²) in [5, 5.41) is 7.27. The molecule has 130 valence electrons. The van der Waals surface area contributed by atoms with Gasteiger partial charge < -0.3 is 10.2 Å². The summed E-state index contributed by atoms with van der Waals surface area (Å²) in [6.07, 6.45) is 2.40. The van der Waals surface area contributed by atoms with Crippen LogP contribution in [-0.2, 0) is 11.8 Å². The molecule has 1 amide bonds. The Morgan fingerprint density at radius 3 is 2.43 bits per heavy atom. The molecule has 0 saturated carbocycles. The van der Waals surface area contributed by atoms with Crippen LogP contribution in [0.4, 0.5) is 0 Å². The summed E-state index contributed by atoms with van der Waals surface area (Å²) in [7, 11) is 1.87. The fourth-order valence-corrected chi connectivity index (χ4v) is 3.03. The summed E-state index contributed by atoms with van der Waals surface area (Å²) in [6.45, 7) is 12.0. The maximum atomic E-state index is 12.4. The van der Waals surface area contributed by atoms with Gasteiger partial charge in [0.15, 0.2) is 0 Å². The van der Waals surface area contributed by atoms with Crippen LogP contribution in [0.2, 0.25) is 0 Å². The van der Waals surface area contributed by atoms with Crippen molar-refractivity contribution in [3.8, 4) is 0 Å². The molecule has 0 aliphatic carbocycles. The number of amides is 1. The quantitative estimate of drug-likeness (QED) is 0.799. The highest BCUT2D eigenvalue weighted by Gasteiger charge is 2.23. The molecule has 23 heavy (non-hydrogen) atoms. The summed E-state index contributed by atoms with van der Waals surface area (Å²) in [5.41, 5.74) is 0. The average molecular weight is 322 g/mol. The molecule has 1 aliphatic heterocycles. The Labute approximate surface area is 139 Å². The number of carbonyl (C=O) groups excluding carboxylic acids is 1. The average Bonchev–Trinajstić information content (AvgIpc) is 2.93. The minimum atomic E-state index is -0.0769. The fraction of sp³-hybridized carbons (Fsp3) is 0.812. The molecule has 1 aromatic heterocycles. The van der Waals surface area contributed by atoms with Gasteiger partial charge in [-0.25, -0.2) is 4.98 Å². The van der Waals surface area contributed by atoms with E-state index in [1.165, 1.54) is 0 Å². The van der Waals surface area contributed by atoms with Crippen LogP contribution in [0.3, 0.4) is 0 Å². The molecule has 0 spiro atoms. The van der Waals surface area contributed by atoms with Gasteiger partial charge in [0.1, 0.15) is 12.2 Å². The molecule has 2 heterocycles. The van der Waals surface area contributed by atoms with Crippen molar-refractivity contribution < 1.29 is 4.79 Å². The smallest absolute Gasteiger partial charge is 0.234 e. The van der Waals surface area contributed by atoms with E-state index in [1.807, 2.05) is 7.05 Å². The molecule has 1 atom stereocenters. The number of rotatable bonds is 7. The van der Waals surface area contributed by atoms with Crippen molar-refractivity contribution in [3.63, 3.8) is 0 Å². The molecular weight excluding hydrogens is 292 g/mol. The van der Waals surface area contributed by atoms with E-state index >= 15 is 0 Å². The van der Waals surface area contributed by atoms with Crippen LogP contribution < -0.4 is 5.32 Å². The van der Waals surface area contributed by atoms with Crippen LogP contribution >= 0.6 is 0 Å². The third kappa shape index (κ3) is 5.28. The SMILES string of the molecule is CCN1CCN(CC(=O)N[C@@H](CC(C)C)c2ncnn2C)CC1. The Hall–Kier alpha value is -1.47. The van der Waals surface area contributed by atoms with Gasteiger partial charge in [0.25, 0.3) is 0 Å². The van der Waals surface area contributed by atoms with E-state index in [4.69, 9.17) is 0 Å². The predicted molar refractivity (Wildman–Crippen MR) is 89.9 cm³/mol. The predicted octanol–water partition coefficient (Wildman–Crippen LogP) is 0.656. The van der Waals surface area contributed by atoms with Crippen LogP contribution in [0.25, 0.3) is 0 Å². The number of aromatic nitrogens is 3. The van der Waals surface area contributed by atoms with Gasteiger partial charge in [-0.15, -0.1) is 0 Å². The maximum Gasteiger partial charge on any atom is 0.234 e. The Morgan fingerprint density at radius 2 is 1.91 bits per heavy atom. The number of piperazine rings is 1. The Kier molecular flexibility index (Phi) is 6.53. The van der Waals surface area contributed by atoms with Gasteiger partial charge in [-0.2, -0.15) is 5.10 Å². The van der Waals surface area contributed by atoms with Crippen molar-refractivity contribution >= 4 is 5.91 Å². The summed E-state index contributed by atoms with van der Waals surface area (Å²) in [4.78, 5) is 21.4. The Morgan fingerprint density at radius 1 is 1.26 bits per heavy atom. The molecule has 1 saturated heterocycles. The van der Waals surface area contributed by atoms with E-state index in [-0.39, 0.29) is 11.9 Å². The van der Waals surface area contributed by atoms with Crippen molar-refractivity contribution in [3.05, 3.63) is 12.2 Å². The zero-order valence-corrected chi connectivity index (χ0v) is 14.8. The van der Waals surface area contributed by atoms with E-state index in [1.54, 1.807) is 11.0 Å². The minimum Gasteiger partial charge on any atom is -0.345 e. The lowest BCUT2D eigenvalue weighted by Crippen LogP contribution is -2.49. The highest BCUT2D eigenvalue weighted by molar-refractivity contribution is 5.78. The standard InChI is InChI=1S/C16H30N6O/c1-5-21-6-8-22(9-7-21)11-15(23)19-14(10-13(2)3)16-17-12-18-20(16)4/h12-14H,5-11H2,1-4H3,(H,19,23)/t14-/m0/s1. The first-order chi connectivity index (χ1) is 11.0. The summed E-state index contributed by atoms with van der Waals surface area (Å²) >= 11 is 0. The van der Waals surface area contributed by atoms with E-state index in [0.717, 1.165) is 45.0 Å². The normalized spacial score (nSPS) is 18.3. The number of hydrogen-bond acceptors (Lipinski definition) is 5. The highest BCUT2D eigenvalue weighted by atomic mass is 16.2. The lowest BCUT2D eigenvalue weighted by atomic mass is 10.0. The molecule has 7 heteroatoms. The van der Waals surface area contributed by atoms with Crippen molar-refractivity contribution in [1.82, 2.24) is 29.9 Å². The topological polar surface area (TPSA) is 66.3 Å². The monoisotopic (exact) mass is 322 g/mol. The third-order valence-corrected chi connectivity index (χ3v) is 4.38. The molecule has 1 aliphatic rings. The fourth-order valence-electron chi connectivity index (χ4n) is 3.03. The lowest BCUT2D eigenvalue weighted by Gasteiger charge is -2.33. The van der Waals surface area contributed by atoms with Crippen LogP contribution in [0.5, 0.6) is 0 Å². The van der Waals surface area contributed by atoms with Gasteiger partial charge in [0.2, 0.25) is 5.91 Å². The second kappa shape index (κ2) is 8.40. The number of likely N-dealkylation sites (N-methyl/N-ethyl adjacent to an activating group) is 1. The number of nitrogens with one attached hydrogen (secondary N) is 1. The highest BCUT2D eigenvalue weighted by Crippen LogP contribution is 2.18. The number of hydrogen-bond donors (Lipinski definition) is 1. The second-order valence-corrected chi connectivity index (χ2v) is 6.70. The van der Waals surface area contributed by atoms with Crippen LogP contribution in [0.15, 0.2) is 6.33 Å². The molecule has 1 N–H and O–H groups in total. The maximum absolute atomic E-state index is 12.4. The molecular formula is C16H30N6O. The largest absolute Gasteiger partial charge is 0.345 e. The molecule has 2 rings (SSSR count). The van der Waals surface area contributed by atoms with Crippen molar-refractivity contribution in [2.75, 3.05) is 39.3 Å². The van der Waals surface area contributed by atoms with Crippen molar-refractivity contribution in [2.45, 2.75) is 33.2 Å². The lowest BCUT2D eigenvalue weighted by molar-refractivity contribution is -0.123. The Balaban J connectivity index is 1.89. The summed E-state index contributed by atoms with van der Waals surface area (Å²) in [5.74, 6) is 1.37. The molecule has 0 unspecified atom stereocenters. The minimum absolute atomic E-state index is 0.0728. The van der Waals surface area contributed by atoms with Crippen molar-refractivity contribution in [2.24, 2.45) is 13.0 Å². The van der Waals surface area contributed by atoms with Gasteiger partial charge in [-0.05, 0) is 18.9 Å². The Bertz CT molecular complexity index is 493. The third-order valence-electron chi connectivity index (χ3n) is 4.38. The van der Waals surface area contributed by atoms with Gasteiger partial charge in [-0.1, -0.05) is 20.8 Å². The zero-order valence-electron chi connectivity index (χ0n) is 14.8. The molecule has 7 nitrogen and oxygen atoms in total. The van der Waals surface area contributed by atoms with Crippen LogP contribution in [0.1, 0.15) is 39.1 Å². The first-order valence-corrected chi connectivity index (χ1v) is 8.57. The van der Waals surface area contributed by atoms with E-state index in [9.17, 15) is 4.79 Å². The molecule has 1 aromatic rings. The van der Waals surface area contributed by atoms with Gasteiger partial charge in [0, 0.05) is 33.2 Å². The van der Waals surface area contributed by atoms with Crippen LogP contribution in [-0.4, -0.2) is 69.7 Å². The number of aryl methyl sites for hydroxylation is 1. The molecule has 0 aromatic carbocycles. The van der Waals surface area contributed by atoms with E-state index in [2.05, 4.69) is 46.0 Å². The van der Waals surface area contributed by atoms with Gasteiger partial charge >= 0.3 is 0 Å². The zero-order chi connectivity index (χ0) is 16.8. The molecule has 1 fully saturated rings. The number of carbonyl (C=O) groups is 1. The molecule has 0 radical (unpaired) electrons. The molecule has 0 bridgehead atoms. The first kappa shape index (κ1) is 17.9.